The number of benzene rings is 1. The highest BCUT2D eigenvalue weighted by Crippen LogP contribution is 2.27. The summed E-state index contributed by atoms with van der Waals surface area (Å²) in [6, 6.07) is 9.59. The molecule has 0 saturated carbocycles. The molecule has 0 bridgehead atoms. The van der Waals surface area contributed by atoms with Crippen molar-refractivity contribution in [3.63, 3.8) is 0 Å². The minimum Gasteiger partial charge on any atom is -0.466 e. The molecule has 0 atom stereocenters. The van der Waals surface area contributed by atoms with Crippen LogP contribution in [0, 0.1) is 16.0 Å². The van der Waals surface area contributed by atoms with E-state index in [9.17, 15) is 14.9 Å². The molecular formula is C19H23N5O4. The molecule has 0 radical (unpaired) electrons. The van der Waals surface area contributed by atoms with E-state index in [1.807, 2.05) is 35.2 Å². The Morgan fingerprint density at radius 1 is 1.32 bits per heavy atom. The van der Waals surface area contributed by atoms with Crippen LogP contribution in [0.1, 0.15) is 25.3 Å². The van der Waals surface area contributed by atoms with Crippen molar-refractivity contribution in [1.82, 2.24) is 9.97 Å². The van der Waals surface area contributed by atoms with E-state index in [0.717, 1.165) is 5.56 Å². The Bertz CT molecular complexity index is 822. The van der Waals surface area contributed by atoms with Gasteiger partial charge in [-0.05, 0) is 25.3 Å². The van der Waals surface area contributed by atoms with Gasteiger partial charge < -0.3 is 15.0 Å². The van der Waals surface area contributed by atoms with Crippen molar-refractivity contribution >= 4 is 23.4 Å². The normalized spacial score (nSPS) is 14.5. The van der Waals surface area contributed by atoms with Crippen LogP contribution in [-0.4, -0.2) is 40.6 Å². The summed E-state index contributed by atoms with van der Waals surface area (Å²) in [4.78, 5) is 33.2. The van der Waals surface area contributed by atoms with Crippen LogP contribution in [0.25, 0.3) is 0 Å². The number of hydrogen-bond donors (Lipinski definition) is 1. The molecule has 1 N–H and O–H groups in total. The first-order valence-electron chi connectivity index (χ1n) is 9.29. The van der Waals surface area contributed by atoms with Gasteiger partial charge >= 0.3 is 11.7 Å². The number of piperidine rings is 1. The number of carbonyl (C=O) groups excluding carboxylic acids is 1. The van der Waals surface area contributed by atoms with E-state index in [1.165, 1.54) is 6.20 Å². The van der Waals surface area contributed by atoms with Crippen molar-refractivity contribution < 1.29 is 14.5 Å². The molecule has 2 heterocycles. The highest BCUT2D eigenvalue weighted by atomic mass is 16.6. The smallest absolute Gasteiger partial charge is 0.329 e. The number of ether oxygens (including phenoxy) is 1. The molecule has 148 valence electrons. The van der Waals surface area contributed by atoms with Crippen molar-refractivity contribution in [3.8, 4) is 0 Å². The van der Waals surface area contributed by atoms with Crippen molar-refractivity contribution in [2.75, 3.05) is 29.9 Å². The average Bonchev–Trinajstić information content (AvgIpc) is 2.73. The Balaban J connectivity index is 1.70. The standard InChI is InChI=1S/C19H23N5O4/c1-2-28-18(25)15-8-10-23(11-9-15)19-21-13-16(24(26)27)17(22-19)20-12-14-6-4-3-5-7-14/h3-7,13,15H,2,8-12H2,1H3,(H,20,21,22). The Labute approximate surface area is 162 Å². The fraction of sp³-hybridized carbons (Fsp3) is 0.421. The molecule has 0 aliphatic carbocycles. The Hall–Kier alpha value is -3.23. The maximum atomic E-state index is 11.9. The second-order valence-electron chi connectivity index (χ2n) is 6.51. The Morgan fingerprint density at radius 3 is 2.68 bits per heavy atom. The lowest BCUT2D eigenvalue weighted by atomic mass is 9.97. The molecule has 0 unspecified atom stereocenters. The third-order valence-electron chi connectivity index (χ3n) is 4.65. The lowest BCUT2D eigenvalue weighted by Crippen LogP contribution is -2.38. The first-order valence-corrected chi connectivity index (χ1v) is 9.29. The lowest BCUT2D eigenvalue weighted by molar-refractivity contribution is -0.384. The Morgan fingerprint density at radius 2 is 2.04 bits per heavy atom. The van der Waals surface area contributed by atoms with E-state index in [0.29, 0.717) is 45.0 Å². The highest BCUT2D eigenvalue weighted by molar-refractivity contribution is 5.72. The van der Waals surface area contributed by atoms with E-state index < -0.39 is 4.92 Å². The topological polar surface area (TPSA) is 110 Å². The van der Waals surface area contributed by atoms with E-state index in [-0.39, 0.29) is 23.4 Å². The fourth-order valence-electron chi connectivity index (χ4n) is 3.14. The van der Waals surface area contributed by atoms with E-state index >= 15 is 0 Å². The van der Waals surface area contributed by atoms with Crippen molar-refractivity contribution in [3.05, 3.63) is 52.2 Å². The third-order valence-corrected chi connectivity index (χ3v) is 4.65. The molecular weight excluding hydrogens is 362 g/mol. The zero-order chi connectivity index (χ0) is 19.9. The maximum absolute atomic E-state index is 11.9. The number of anilines is 2. The summed E-state index contributed by atoms with van der Waals surface area (Å²) in [5.41, 5.74) is 0.827. The summed E-state index contributed by atoms with van der Waals surface area (Å²) in [6.07, 6.45) is 2.52. The molecule has 1 aliphatic heterocycles. The van der Waals surface area contributed by atoms with E-state index in [4.69, 9.17) is 4.74 Å². The number of nitrogens with zero attached hydrogens (tertiary/aromatic N) is 4. The van der Waals surface area contributed by atoms with Gasteiger partial charge in [-0.3, -0.25) is 14.9 Å². The van der Waals surface area contributed by atoms with Crippen LogP contribution in [0.3, 0.4) is 0 Å². The molecule has 1 aliphatic rings. The maximum Gasteiger partial charge on any atom is 0.329 e. The van der Waals surface area contributed by atoms with Crippen LogP contribution in [0.4, 0.5) is 17.5 Å². The summed E-state index contributed by atoms with van der Waals surface area (Å²) in [5.74, 6) is 0.316. The molecule has 2 aromatic rings. The zero-order valence-electron chi connectivity index (χ0n) is 15.7. The zero-order valence-corrected chi connectivity index (χ0v) is 15.7. The summed E-state index contributed by atoms with van der Waals surface area (Å²) in [5, 5.41) is 14.4. The average molecular weight is 385 g/mol. The van der Waals surface area contributed by atoms with Crippen molar-refractivity contribution in [1.29, 1.82) is 0 Å². The monoisotopic (exact) mass is 385 g/mol. The summed E-state index contributed by atoms with van der Waals surface area (Å²) in [7, 11) is 0. The molecule has 1 fully saturated rings. The second-order valence-corrected chi connectivity index (χ2v) is 6.51. The van der Waals surface area contributed by atoms with Gasteiger partial charge in [-0.15, -0.1) is 0 Å². The fourth-order valence-corrected chi connectivity index (χ4v) is 3.14. The van der Waals surface area contributed by atoms with Crippen LogP contribution in [0.2, 0.25) is 0 Å². The number of carbonyl (C=O) groups is 1. The van der Waals surface area contributed by atoms with Gasteiger partial charge in [0.2, 0.25) is 11.8 Å². The molecule has 1 aromatic carbocycles. The first kappa shape index (κ1) is 19.5. The summed E-state index contributed by atoms with van der Waals surface area (Å²) in [6.45, 7) is 3.78. The number of nitrogens with one attached hydrogen (secondary N) is 1. The number of hydrogen-bond acceptors (Lipinski definition) is 8. The number of nitro groups is 1. The summed E-state index contributed by atoms with van der Waals surface area (Å²) >= 11 is 0. The second kappa shape index (κ2) is 9.12. The van der Waals surface area contributed by atoms with Crippen LogP contribution >= 0.6 is 0 Å². The minimum absolute atomic E-state index is 0.120. The third kappa shape index (κ3) is 4.73. The van der Waals surface area contributed by atoms with Crippen LogP contribution in [0.15, 0.2) is 36.5 Å². The van der Waals surface area contributed by atoms with Gasteiger partial charge in [0.1, 0.15) is 6.20 Å². The van der Waals surface area contributed by atoms with Crippen molar-refractivity contribution in [2.45, 2.75) is 26.3 Å². The minimum atomic E-state index is -0.496. The molecule has 1 saturated heterocycles. The van der Waals surface area contributed by atoms with Gasteiger partial charge in [0.15, 0.2) is 0 Å². The molecule has 9 heteroatoms. The van der Waals surface area contributed by atoms with Gasteiger partial charge in [0.05, 0.1) is 17.4 Å². The van der Waals surface area contributed by atoms with Gasteiger partial charge in [-0.25, -0.2) is 4.98 Å². The molecule has 3 rings (SSSR count). The predicted molar refractivity (Wildman–Crippen MR) is 104 cm³/mol. The lowest BCUT2D eigenvalue weighted by Gasteiger charge is -2.30. The van der Waals surface area contributed by atoms with Crippen LogP contribution < -0.4 is 10.2 Å². The van der Waals surface area contributed by atoms with E-state index in [2.05, 4.69) is 15.3 Å². The summed E-state index contributed by atoms with van der Waals surface area (Å²) < 4.78 is 5.08. The Kier molecular flexibility index (Phi) is 6.36. The van der Waals surface area contributed by atoms with Gasteiger partial charge in [0.25, 0.3) is 0 Å². The van der Waals surface area contributed by atoms with Crippen LogP contribution in [-0.2, 0) is 16.1 Å². The van der Waals surface area contributed by atoms with Crippen LogP contribution in [0.5, 0.6) is 0 Å². The van der Waals surface area contributed by atoms with Crippen molar-refractivity contribution in [2.24, 2.45) is 5.92 Å². The van der Waals surface area contributed by atoms with Gasteiger partial charge in [-0.2, -0.15) is 4.98 Å². The van der Waals surface area contributed by atoms with Gasteiger partial charge in [0, 0.05) is 19.6 Å². The molecule has 9 nitrogen and oxygen atoms in total. The number of aromatic nitrogens is 2. The van der Waals surface area contributed by atoms with E-state index in [1.54, 1.807) is 6.92 Å². The molecule has 0 spiro atoms. The number of rotatable bonds is 7. The first-order chi connectivity index (χ1) is 13.6. The molecule has 0 amide bonds. The predicted octanol–water partition coefficient (Wildman–Crippen LogP) is 2.78. The molecule has 28 heavy (non-hydrogen) atoms. The molecule has 1 aromatic heterocycles. The SMILES string of the molecule is CCOC(=O)C1CCN(c2ncc([N+](=O)[O-])c(NCc3ccccc3)n2)CC1. The quantitative estimate of drug-likeness (QED) is 0.440. The number of esters is 1. The van der Waals surface area contributed by atoms with Gasteiger partial charge in [-0.1, -0.05) is 30.3 Å². The highest BCUT2D eigenvalue weighted by Gasteiger charge is 2.28. The largest absolute Gasteiger partial charge is 0.466 e.